The van der Waals surface area contributed by atoms with Crippen LogP contribution in [-0.2, 0) is 9.59 Å². The molecule has 1 aliphatic heterocycles. The molecule has 136 valence electrons. The predicted octanol–water partition coefficient (Wildman–Crippen LogP) is 0.339. The van der Waals surface area contributed by atoms with E-state index >= 15 is 0 Å². The molecule has 0 saturated heterocycles. The van der Waals surface area contributed by atoms with E-state index in [4.69, 9.17) is 4.74 Å². The lowest BCUT2D eigenvalue weighted by Gasteiger charge is -2.21. The Morgan fingerprint density at radius 3 is 2.80 bits per heavy atom. The lowest BCUT2D eigenvalue weighted by Crippen LogP contribution is -2.35. The first-order valence-electron chi connectivity index (χ1n) is 8.46. The average Bonchev–Trinajstić information content (AvgIpc) is 2.59. The first-order valence-corrected chi connectivity index (χ1v) is 8.46. The molecule has 0 aliphatic carbocycles. The van der Waals surface area contributed by atoms with Crippen molar-refractivity contribution in [1.29, 1.82) is 0 Å². The Bertz CT molecular complexity index is 620. The largest absolute Gasteiger partial charge is 0.489 e. The van der Waals surface area contributed by atoms with Gasteiger partial charge in [-0.05, 0) is 25.0 Å². The molecule has 8 heteroatoms. The van der Waals surface area contributed by atoms with E-state index in [1.807, 2.05) is 0 Å². The summed E-state index contributed by atoms with van der Waals surface area (Å²) in [6.45, 7) is 3.58. The van der Waals surface area contributed by atoms with E-state index in [0.717, 1.165) is 0 Å². The quantitative estimate of drug-likeness (QED) is 0.704. The molecule has 0 fully saturated rings. The second kappa shape index (κ2) is 9.61. The zero-order chi connectivity index (χ0) is 18.1. The second-order valence-corrected chi connectivity index (χ2v) is 5.77. The lowest BCUT2D eigenvalue weighted by atomic mass is 10.2. The number of amides is 3. The maximum Gasteiger partial charge on any atom is 0.273 e. The van der Waals surface area contributed by atoms with E-state index in [1.165, 1.54) is 13.1 Å². The molecule has 2 heterocycles. The summed E-state index contributed by atoms with van der Waals surface area (Å²) in [6, 6.07) is 3.36. The van der Waals surface area contributed by atoms with Gasteiger partial charge in [0.2, 0.25) is 11.8 Å². The van der Waals surface area contributed by atoms with Crippen LogP contribution in [0.25, 0.3) is 0 Å². The molecule has 1 aromatic heterocycles. The van der Waals surface area contributed by atoms with Gasteiger partial charge in [-0.1, -0.05) is 0 Å². The zero-order valence-corrected chi connectivity index (χ0v) is 14.4. The van der Waals surface area contributed by atoms with Gasteiger partial charge in [0, 0.05) is 39.2 Å². The van der Waals surface area contributed by atoms with Crippen LogP contribution in [0.4, 0.5) is 0 Å². The SMILES string of the molecule is CC(=O)N1CCCNC(=O)c2ncccc2OCCNC(=O)CCC1. The van der Waals surface area contributed by atoms with Crippen LogP contribution in [-0.4, -0.2) is 60.4 Å². The van der Waals surface area contributed by atoms with Gasteiger partial charge in [-0.15, -0.1) is 0 Å². The van der Waals surface area contributed by atoms with Crippen molar-refractivity contribution in [3.05, 3.63) is 24.0 Å². The van der Waals surface area contributed by atoms with Gasteiger partial charge < -0.3 is 20.3 Å². The molecular weight excluding hydrogens is 324 g/mol. The van der Waals surface area contributed by atoms with Crippen LogP contribution in [0.15, 0.2) is 18.3 Å². The minimum atomic E-state index is -0.318. The van der Waals surface area contributed by atoms with Gasteiger partial charge in [0.15, 0.2) is 11.4 Å². The minimum Gasteiger partial charge on any atom is -0.489 e. The molecule has 2 N–H and O–H groups in total. The molecule has 0 spiro atoms. The highest BCUT2D eigenvalue weighted by molar-refractivity contribution is 5.94. The van der Waals surface area contributed by atoms with Gasteiger partial charge in [-0.25, -0.2) is 4.98 Å². The molecule has 0 atom stereocenters. The summed E-state index contributed by atoms with van der Waals surface area (Å²) in [4.78, 5) is 41.5. The normalized spacial score (nSPS) is 17.7. The van der Waals surface area contributed by atoms with Crippen molar-refractivity contribution >= 4 is 17.7 Å². The summed E-state index contributed by atoms with van der Waals surface area (Å²) >= 11 is 0. The number of pyridine rings is 1. The number of ether oxygens (including phenoxy) is 1. The van der Waals surface area contributed by atoms with Crippen molar-refractivity contribution < 1.29 is 19.1 Å². The first-order chi connectivity index (χ1) is 12.1. The van der Waals surface area contributed by atoms with Crippen LogP contribution in [0.3, 0.4) is 0 Å². The maximum atomic E-state index is 12.3. The Morgan fingerprint density at radius 1 is 1.20 bits per heavy atom. The van der Waals surface area contributed by atoms with Gasteiger partial charge in [-0.3, -0.25) is 14.4 Å². The highest BCUT2D eigenvalue weighted by atomic mass is 16.5. The van der Waals surface area contributed by atoms with Crippen LogP contribution in [0.5, 0.6) is 5.75 Å². The zero-order valence-electron chi connectivity index (χ0n) is 14.4. The Hall–Kier alpha value is -2.64. The molecule has 8 nitrogen and oxygen atoms in total. The van der Waals surface area contributed by atoms with Crippen molar-refractivity contribution in [2.75, 3.05) is 32.8 Å². The number of nitrogens with zero attached hydrogens (tertiary/aromatic N) is 2. The van der Waals surface area contributed by atoms with Gasteiger partial charge >= 0.3 is 0 Å². The topological polar surface area (TPSA) is 101 Å². The molecule has 0 saturated carbocycles. The van der Waals surface area contributed by atoms with Gasteiger partial charge in [0.05, 0.1) is 6.54 Å². The van der Waals surface area contributed by atoms with Crippen LogP contribution in [0, 0.1) is 0 Å². The molecule has 2 rings (SSSR count). The van der Waals surface area contributed by atoms with Crippen molar-refractivity contribution in [3.8, 4) is 5.75 Å². The number of carbonyl (C=O) groups excluding carboxylic acids is 3. The van der Waals surface area contributed by atoms with E-state index in [9.17, 15) is 14.4 Å². The molecule has 0 radical (unpaired) electrons. The molecule has 1 aliphatic rings. The Labute approximate surface area is 146 Å². The average molecular weight is 348 g/mol. The summed E-state index contributed by atoms with van der Waals surface area (Å²) in [5.74, 6) is -0.0515. The third-order valence-electron chi connectivity index (χ3n) is 3.84. The summed E-state index contributed by atoms with van der Waals surface area (Å²) < 4.78 is 5.56. The van der Waals surface area contributed by atoms with Crippen molar-refractivity contribution in [2.24, 2.45) is 0 Å². The molecule has 25 heavy (non-hydrogen) atoms. The van der Waals surface area contributed by atoms with E-state index in [0.29, 0.717) is 51.2 Å². The third-order valence-corrected chi connectivity index (χ3v) is 3.84. The smallest absolute Gasteiger partial charge is 0.273 e. The fourth-order valence-electron chi connectivity index (χ4n) is 2.53. The minimum absolute atomic E-state index is 0.0340. The Morgan fingerprint density at radius 2 is 2.00 bits per heavy atom. The molecular formula is C17H24N4O4. The van der Waals surface area contributed by atoms with Crippen molar-refractivity contribution in [3.63, 3.8) is 0 Å². The highest BCUT2D eigenvalue weighted by Crippen LogP contribution is 2.15. The van der Waals surface area contributed by atoms with Crippen molar-refractivity contribution in [2.45, 2.75) is 26.2 Å². The first kappa shape index (κ1) is 18.7. The van der Waals surface area contributed by atoms with Crippen molar-refractivity contribution in [1.82, 2.24) is 20.5 Å². The summed E-state index contributed by atoms with van der Waals surface area (Å²) in [6.07, 6.45) is 3.12. The number of rotatable bonds is 0. The van der Waals surface area contributed by atoms with E-state index in [2.05, 4.69) is 15.6 Å². The fraction of sp³-hybridized carbons (Fsp3) is 0.529. The van der Waals surface area contributed by atoms with Crippen LogP contribution in [0.2, 0.25) is 0 Å². The van der Waals surface area contributed by atoms with E-state index in [1.54, 1.807) is 17.0 Å². The van der Waals surface area contributed by atoms with Gasteiger partial charge in [-0.2, -0.15) is 0 Å². The number of carbonyl (C=O) groups is 3. The second-order valence-electron chi connectivity index (χ2n) is 5.77. The number of nitrogens with one attached hydrogen (secondary N) is 2. The van der Waals surface area contributed by atoms with Gasteiger partial charge in [0.1, 0.15) is 6.61 Å². The van der Waals surface area contributed by atoms with Gasteiger partial charge in [0.25, 0.3) is 5.91 Å². The monoisotopic (exact) mass is 348 g/mol. The maximum absolute atomic E-state index is 12.3. The Balaban J connectivity index is 2.05. The molecule has 0 bridgehead atoms. The summed E-state index contributed by atoms with van der Waals surface area (Å²) in [5.41, 5.74) is 0.212. The molecule has 0 aromatic carbocycles. The predicted molar refractivity (Wildman–Crippen MR) is 91.2 cm³/mol. The number of hydrogen-bond acceptors (Lipinski definition) is 5. The molecule has 1 aromatic rings. The standard InChI is InChI=1S/C17H24N4O4/c1-13(22)21-10-3-6-15(23)18-9-12-25-14-5-2-7-19-16(14)17(24)20-8-4-11-21/h2,5,7H,3-4,6,8-12H2,1H3,(H,18,23)(H,20,24). The van der Waals surface area contributed by atoms with E-state index < -0.39 is 0 Å². The lowest BCUT2D eigenvalue weighted by molar-refractivity contribution is -0.129. The van der Waals surface area contributed by atoms with Crippen LogP contribution >= 0.6 is 0 Å². The molecule has 3 amide bonds. The number of hydrogen-bond donors (Lipinski definition) is 2. The number of aromatic nitrogens is 1. The molecule has 0 unspecified atom stereocenters. The summed E-state index contributed by atoms with van der Waals surface area (Å²) in [5, 5.41) is 5.56. The van der Waals surface area contributed by atoms with Crippen LogP contribution < -0.4 is 15.4 Å². The highest BCUT2D eigenvalue weighted by Gasteiger charge is 2.15. The fourth-order valence-corrected chi connectivity index (χ4v) is 2.53. The summed E-state index contributed by atoms with van der Waals surface area (Å²) in [7, 11) is 0. The van der Waals surface area contributed by atoms with E-state index in [-0.39, 0.29) is 30.0 Å². The van der Waals surface area contributed by atoms with Crippen LogP contribution in [0.1, 0.15) is 36.7 Å². The third kappa shape index (κ3) is 6.06. The number of fused-ring (bicyclic) bond motifs is 1. The Kier molecular flexibility index (Phi) is 7.18.